The summed E-state index contributed by atoms with van der Waals surface area (Å²) < 4.78 is 21.4. The average Bonchev–Trinajstić information content (AvgIpc) is 2.79. The zero-order valence-corrected chi connectivity index (χ0v) is 20.4. The van der Waals surface area contributed by atoms with E-state index in [2.05, 4.69) is 5.32 Å². The molecule has 0 aliphatic carbocycles. The van der Waals surface area contributed by atoms with Gasteiger partial charge in [0.1, 0.15) is 11.5 Å². The van der Waals surface area contributed by atoms with Crippen LogP contribution in [-0.2, 0) is 4.79 Å². The molecule has 34 heavy (non-hydrogen) atoms. The quantitative estimate of drug-likeness (QED) is 0.434. The van der Waals surface area contributed by atoms with Gasteiger partial charge in [-0.05, 0) is 42.8 Å². The summed E-state index contributed by atoms with van der Waals surface area (Å²) in [6.07, 6.45) is -0.222. The lowest BCUT2D eigenvalue weighted by Crippen LogP contribution is -2.21. The second-order valence-electron chi connectivity index (χ2n) is 7.34. The maximum atomic E-state index is 13.0. The van der Waals surface area contributed by atoms with Crippen molar-refractivity contribution in [3.8, 4) is 23.0 Å². The molecule has 0 aliphatic rings. The monoisotopic (exact) mass is 507 g/mol. The number of rotatable bonds is 8. The number of hydrogen-bond donors (Lipinski definition) is 2. The van der Waals surface area contributed by atoms with Crippen molar-refractivity contribution < 1.29 is 28.5 Å². The molecule has 0 fully saturated rings. The minimum Gasteiger partial charge on any atom is -0.507 e. The maximum Gasteiger partial charge on any atom is 0.343 e. The van der Waals surface area contributed by atoms with Gasteiger partial charge in [0.15, 0.2) is 11.5 Å². The predicted molar refractivity (Wildman–Crippen MR) is 129 cm³/mol. The van der Waals surface area contributed by atoms with Gasteiger partial charge in [0.25, 0.3) is 0 Å². The van der Waals surface area contributed by atoms with E-state index >= 15 is 0 Å². The molecule has 0 spiro atoms. The van der Waals surface area contributed by atoms with Gasteiger partial charge < -0.3 is 29.1 Å². The lowest BCUT2D eigenvalue weighted by Gasteiger charge is -2.21. The fraction of sp³-hybridized carbons (Fsp3) is 0.250. The highest BCUT2D eigenvalue weighted by atomic mass is 35.5. The van der Waals surface area contributed by atoms with Crippen molar-refractivity contribution in [1.82, 2.24) is 0 Å². The highest BCUT2D eigenvalue weighted by molar-refractivity contribution is 6.42. The molecule has 0 saturated heterocycles. The van der Waals surface area contributed by atoms with E-state index in [0.717, 1.165) is 0 Å². The van der Waals surface area contributed by atoms with Gasteiger partial charge in [0.05, 0.1) is 36.9 Å². The Bertz CT molecular complexity index is 1250. The Kier molecular flexibility index (Phi) is 7.96. The number of benzene rings is 2. The van der Waals surface area contributed by atoms with Gasteiger partial charge in [-0.15, -0.1) is 0 Å². The smallest absolute Gasteiger partial charge is 0.343 e. The van der Waals surface area contributed by atoms with Crippen LogP contribution < -0.4 is 25.2 Å². The summed E-state index contributed by atoms with van der Waals surface area (Å²) in [7, 11) is 4.36. The molecule has 8 nitrogen and oxygen atoms in total. The van der Waals surface area contributed by atoms with E-state index < -0.39 is 17.5 Å². The Morgan fingerprint density at radius 2 is 1.68 bits per heavy atom. The van der Waals surface area contributed by atoms with Gasteiger partial charge in [-0.2, -0.15) is 0 Å². The van der Waals surface area contributed by atoms with E-state index in [1.807, 2.05) is 0 Å². The molecule has 0 unspecified atom stereocenters. The topological polar surface area (TPSA) is 107 Å². The molecule has 0 saturated carbocycles. The Hall–Kier alpha value is -3.36. The van der Waals surface area contributed by atoms with Crippen LogP contribution in [0.1, 0.15) is 29.2 Å². The number of anilines is 1. The van der Waals surface area contributed by atoms with Crippen molar-refractivity contribution in [2.75, 3.05) is 26.6 Å². The number of ether oxygens (including phenoxy) is 3. The van der Waals surface area contributed by atoms with Crippen molar-refractivity contribution >= 4 is 34.8 Å². The van der Waals surface area contributed by atoms with Crippen LogP contribution in [0, 0.1) is 6.92 Å². The third-order valence-corrected chi connectivity index (χ3v) is 5.86. The average molecular weight is 508 g/mol. The first-order valence-corrected chi connectivity index (χ1v) is 10.8. The molecular weight excluding hydrogens is 485 g/mol. The van der Waals surface area contributed by atoms with Crippen LogP contribution in [0.4, 0.5) is 5.69 Å². The summed E-state index contributed by atoms with van der Waals surface area (Å²) in [6, 6.07) is 9.19. The van der Waals surface area contributed by atoms with Gasteiger partial charge >= 0.3 is 5.63 Å². The summed E-state index contributed by atoms with van der Waals surface area (Å²) >= 11 is 12.0. The number of carbonyl (C=O) groups excluding carboxylic acids is 1. The van der Waals surface area contributed by atoms with Gasteiger partial charge in [0.2, 0.25) is 11.7 Å². The number of carbonyl (C=O) groups is 1. The molecule has 1 heterocycles. The Morgan fingerprint density at radius 3 is 2.21 bits per heavy atom. The zero-order chi connectivity index (χ0) is 25.0. The number of hydrogen-bond acceptors (Lipinski definition) is 7. The molecule has 180 valence electrons. The molecule has 0 aliphatic heterocycles. The van der Waals surface area contributed by atoms with Gasteiger partial charge in [-0.3, -0.25) is 4.79 Å². The highest BCUT2D eigenvalue weighted by Crippen LogP contribution is 2.43. The van der Waals surface area contributed by atoms with Crippen LogP contribution in [0.25, 0.3) is 0 Å². The molecule has 2 aromatic carbocycles. The van der Waals surface area contributed by atoms with E-state index in [-0.39, 0.29) is 28.5 Å². The van der Waals surface area contributed by atoms with E-state index in [4.69, 9.17) is 41.8 Å². The van der Waals surface area contributed by atoms with Gasteiger partial charge in [-0.1, -0.05) is 23.2 Å². The van der Waals surface area contributed by atoms with Crippen molar-refractivity contribution in [3.05, 3.63) is 73.8 Å². The first-order chi connectivity index (χ1) is 16.2. The fourth-order valence-corrected chi connectivity index (χ4v) is 3.88. The first kappa shape index (κ1) is 25.3. The SMILES string of the molecule is COc1cc([C@H](CC(=O)Nc2ccc(Cl)c(Cl)c2)c2c(O)cc(C)oc2=O)cc(OC)c1OC. The summed E-state index contributed by atoms with van der Waals surface area (Å²) in [6.45, 7) is 1.54. The molecular formula is C24H23Cl2NO7. The molecule has 3 rings (SSSR count). The Labute approximate surface area is 206 Å². The van der Waals surface area contributed by atoms with Crippen molar-refractivity contribution in [2.24, 2.45) is 0 Å². The molecule has 1 aromatic heterocycles. The molecule has 0 bridgehead atoms. The molecule has 10 heteroatoms. The van der Waals surface area contributed by atoms with Crippen LogP contribution in [0.15, 0.2) is 45.6 Å². The third-order valence-electron chi connectivity index (χ3n) is 5.12. The van der Waals surface area contributed by atoms with Crippen LogP contribution in [0.3, 0.4) is 0 Å². The Morgan fingerprint density at radius 1 is 1.03 bits per heavy atom. The number of amides is 1. The molecule has 1 amide bonds. The number of aryl methyl sites for hydroxylation is 1. The van der Waals surface area contributed by atoms with Crippen LogP contribution in [0.5, 0.6) is 23.0 Å². The molecule has 0 radical (unpaired) electrons. The second kappa shape index (κ2) is 10.7. The Balaban J connectivity index is 2.09. The molecule has 3 aromatic rings. The van der Waals surface area contributed by atoms with Crippen LogP contribution >= 0.6 is 23.2 Å². The summed E-state index contributed by atoms with van der Waals surface area (Å²) in [5, 5.41) is 14.0. The largest absolute Gasteiger partial charge is 0.507 e. The predicted octanol–water partition coefficient (Wildman–Crippen LogP) is 5.15. The van der Waals surface area contributed by atoms with E-state index in [9.17, 15) is 14.7 Å². The van der Waals surface area contributed by atoms with Gasteiger partial charge in [-0.25, -0.2) is 4.79 Å². The zero-order valence-electron chi connectivity index (χ0n) is 18.9. The minimum atomic E-state index is -0.909. The van der Waals surface area contributed by atoms with Gasteiger partial charge in [0, 0.05) is 24.1 Å². The lowest BCUT2D eigenvalue weighted by atomic mass is 9.88. The van der Waals surface area contributed by atoms with E-state index in [1.54, 1.807) is 24.3 Å². The van der Waals surface area contributed by atoms with Crippen molar-refractivity contribution in [2.45, 2.75) is 19.3 Å². The number of methoxy groups -OCH3 is 3. The maximum absolute atomic E-state index is 13.0. The first-order valence-electron chi connectivity index (χ1n) is 10.1. The summed E-state index contributed by atoms with van der Waals surface area (Å²) in [5.41, 5.74) is 0.0381. The number of nitrogens with one attached hydrogen (secondary N) is 1. The number of halogens is 2. The summed E-state index contributed by atoms with van der Waals surface area (Å²) in [5.74, 6) is -0.437. The second-order valence-corrected chi connectivity index (χ2v) is 8.15. The fourth-order valence-electron chi connectivity index (χ4n) is 3.59. The molecule has 2 N–H and O–H groups in total. The number of aromatic hydroxyl groups is 1. The third kappa shape index (κ3) is 5.40. The van der Waals surface area contributed by atoms with Crippen LogP contribution in [-0.4, -0.2) is 32.3 Å². The normalized spacial score (nSPS) is 11.6. The highest BCUT2D eigenvalue weighted by Gasteiger charge is 2.28. The standard InChI is InChI=1S/C24H23Cl2NO7/c1-12-7-18(28)22(24(30)34-12)15(11-21(29)27-14-5-6-16(25)17(26)10-14)13-8-19(31-2)23(33-4)20(9-13)32-3/h5-10,15,28H,11H2,1-4H3,(H,27,29)/t15-/m0/s1. The van der Waals surface area contributed by atoms with E-state index in [1.165, 1.54) is 40.4 Å². The lowest BCUT2D eigenvalue weighted by molar-refractivity contribution is -0.116. The van der Waals surface area contributed by atoms with Crippen molar-refractivity contribution in [1.29, 1.82) is 0 Å². The molecule has 1 atom stereocenters. The van der Waals surface area contributed by atoms with Crippen LogP contribution in [0.2, 0.25) is 10.0 Å². The van der Waals surface area contributed by atoms with Crippen molar-refractivity contribution in [3.63, 3.8) is 0 Å². The minimum absolute atomic E-state index is 0.0795. The van der Waals surface area contributed by atoms with E-state index in [0.29, 0.717) is 33.5 Å². The summed E-state index contributed by atoms with van der Waals surface area (Å²) in [4.78, 5) is 25.8.